The highest BCUT2D eigenvalue weighted by atomic mass is 32.1. The lowest BCUT2D eigenvalue weighted by Crippen LogP contribution is -2.35. The first-order chi connectivity index (χ1) is 7.79. The van der Waals surface area contributed by atoms with Gasteiger partial charge in [-0.3, -0.25) is 4.90 Å². The van der Waals surface area contributed by atoms with Gasteiger partial charge >= 0.3 is 0 Å². The minimum atomic E-state index is 0.199. The van der Waals surface area contributed by atoms with Crippen molar-refractivity contribution in [3.63, 3.8) is 0 Å². The molecule has 0 unspecified atom stereocenters. The number of aromatic nitrogens is 2. The van der Waals surface area contributed by atoms with Crippen LogP contribution in [0.2, 0.25) is 0 Å². The molecule has 0 amide bonds. The average Bonchev–Trinajstić information content (AvgIpc) is 2.88. The number of anilines is 1. The molecule has 2 rings (SSSR count). The van der Waals surface area contributed by atoms with Gasteiger partial charge in [-0.2, -0.15) is 0 Å². The van der Waals surface area contributed by atoms with E-state index in [2.05, 4.69) is 15.1 Å². The Morgan fingerprint density at radius 1 is 1.38 bits per heavy atom. The van der Waals surface area contributed by atoms with Crippen molar-refractivity contribution in [2.24, 2.45) is 0 Å². The average molecular weight is 242 g/mol. The van der Waals surface area contributed by atoms with Crippen molar-refractivity contribution >= 4 is 16.5 Å². The smallest absolute Gasteiger partial charge is 0.203 e. The van der Waals surface area contributed by atoms with E-state index in [1.165, 1.54) is 37.0 Å². The van der Waals surface area contributed by atoms with Gasteiger partial charge in [0.25, 0.3) is 0 Å². The summed E-state index contributed by atoms with van der Waals surface area (Å²) in [5.74, 6) is 0. The van der Waals surface area contributed by atoms with E-state index in [9.17, 15) is 0 Å². The van der Waals surface area contributed by atoms with E-state index in [4.69, 9.17) is 10.8 Å². The molecule has 1 aromatic heterocycles. The summed E-state index contributed by atoms with van der Waals surface area (Å²) in [7, 11) is 0. The monoisotopic (exact) mass is 242 g/mol. The molecule has 3 N–H and O–H groups in total. The normalized spacial score (nSPS) is 17.4. The fourth-order valence-corrected chi connectivity index (χ4v) is 2.93. The third-order valence-corrected chi connectivity index (χ3v) is 3.79. The molecule has 1 aromatic rings. The van der Waals surface area contributed by atoms with Crippen LogP contribution in [0.3, 0.4) is 0 Å². The Hall–Kier alpha value is -0.720. The maximum absolute atomic E-state index is 9.08. The van der Waals surface area contributed by atoms with E-state index in [0.717, 1.165) is 11.6 Å². The van der Waals surface area contributed by atoms with Crippen LogP contribution < -0.4 is 5.73 Å². The predicted octanol–water partition coefficient (Wildman–Crippen LogP) is 0.857. The van der Waals surface area contributed by atoms with Gasteiger partial charge in [-0.15, -0.1) is 10.2 Å². The number of hydrogen-bond donors (Lipinski definition) is 2. The van der Waals surface area contributed by atoms with Crippen molar-refractivity contribution < 1.29 is 5.11 Å². The van der Waals surface area contributed by atoms with Gasteiger partial charge in [-0.05, 0) is 12.8 Å². The summed E-state index contributed by atoms with van der Waals surface area (Å²) < 4.78 is 0. The maximum Gasteiger partial charge on any atom is 0.203 e. The number of rotatable bonds is 5. The van der Waals surface area contributed by atoms with Gasteiger partial charge in [0, 0.05) is 12.6 Å². The van der Waals surface area contributed by atoms with Crippen LogP contribution >= 0.6 is 11.3 Å². The fourth-order valence-electron chi connectivity index (χ4n) is 2.29. The zero-order valence-corrected chi connectivity index (χ0v) is 10.1. The van der Waals surface area contributed by atoms with Crippen LogP contribution in [0.5, 0.6) is 0 Å². The van der Waals surface area contributed by atoms with Gasteiger partial charge in [-0.1, -0.05) is 24.2 Å². The van der Waals surface area contributed by atoms with Crippen LogP contribution in [0.1, 0.15) is 30.7 Å². The summed E-state index contributed by atoms with van der Waals surface area (Å²) in [4.78, 5) is 2.30. The van der Waals surface area contributed by atoms with Crippen molar-refractivity contribution in [2.45, 2.75) is 38.3 Å². The van der Waals surface area contributed by atoms with E-state index in [-0.39, 0.29) is 6.61 Å². The largest absolute Gasteiger partial charge is 0.395 e. The summed E-state index contributed by atoms with van der Waals surface area (Å²) >= 11 is 1.43. The molecule has 0 radical (unpaired) electrons. The highest BCUT2D eigenvalue weighted by molar-refractivity contribution is 7.15. The lowest BCUT2D eigenvalue weighted by molar-refractivity contribution is 0.144. The van der Waals surface area contributed by atoms with Crippen LogP contribution in [-0.2, 0) is 6.54 Å². The van der Waals surface area contributed by atoms with E-state index in [1.807, 2.05) is 0 Å². The van der Waals surface area contributed by atoms with Crippen molar-refractivity contribution in [3.8, 4) is 0 Å². The quantitative estimate of drug-likeness (QED) is 0.801. The standard InChI is InChI=1S/C10H18N4OS/c11-10-13-12-9(16-10)7-14(5-6-15)8-3-1-2-4-8/h8,15H,1-7H2,(H2,11,13). The molecule has 0 aromatic carbocycles. The third-order valence-electron chi connectivity index (χ3n) is 3.05. The minimum absolute atomic E-state index is 0.199. The number of nitrogen functional groups attached to an aromatic ring is 1. The second kappa shape index (κ2) is 5.56. The van der Waals surface area contributed by atoms with Crippen LogP contribution in [0.4, 0.5) is 5.13 Å². The summed E-state index contributed by atoms with van der Waals surface area (Å²) in [6, 6.07) is 0.595. The predicted molar refractivity (Wildman–Crippen MR) is 64.1 cm³/mol. The molecule has 0 spiro atoms. The van der Waals surface area contributed by atoms with Crippen molar-refractivity contribution in [1.29, 1.82) is 0 Å². The molecule has 1 saturated carbocycles. The molecular formula is C10H18N4OS. The van der Waals surface area contributed by atoms with Crippen LogP contribution in [0.25, 0.3) is 0 Å². The van der Waals surface area contributed by atoms with Crippen molar-refractivity contribution in [3.05, 3.63) is 5.01 Å². The minimum Gasteiger partial charge on any atom is -0.395 e. The summed E-state index contributed by atoms with van der Waals surface area (Å²) in [6.45, 7) is 1.68. The van der Waals surface area contributed by atoms with E-state index in [0.29, 0.717) is 17.7 Å². The number of aliphatic hydroxyl groups is 1. The summed E-state index contributed by atoms with van der Waals surface area (Å²) in [5, 5.41) is 18.4. The first kappa shape index (κ1) is 11.8. The Bertz CT molecular complexity index is 324. The SMILES string of the molecule is Nc1nnc(CN(CCO)C2CCCC2)s1. The molecule has 1 aliphatic rings. The van der Waals surface area contributed by atoms with Crippen molar-refractivity contribution in [2.75, 3.05) is 18.9 Å². The first-order valence-electron chi connectivity index (χ1n) is 5.72. The van der Waals surface area contributed by atoms with Gasteiger partial charge in [-0.25, -0.2) is 0 Å². The maximum atomic E-state index is 9.08. The fraction of sp³-hybridized carbons (Fsp3) is 0.800. The molecule has 6 heteroatoms. The topological polar surface area (TPSA) is 75.3 Å². The highest BCUT2D eigenvalue weighted by Gasteiger charge is 2.23. The van der Waals surface area contributed by atoms with Crippen LogP contribution in [0.15, 0.2) is 0 Å². The summed E-state index contributed by atoms with van der Waals surface area (Å²) in [6.07, 6.45) is 5.05. The molecule has 5 nitrogen and oxygen atoms in total. The highest BCUT2D eigenvalue weighted by Crippen LogP contribution is 2.25. The molecule has 16 heavy (non-hydrogen) atoms. The Labute approximate surface area is 99.3 Å². The van der Waals surface area contributed by atoms with Crippen molar-refractivity contribution in [1.82, 2.24) is 15.1 Å². The number of nitrogens with zero attached hydrogens (tertiary/aromatic N) is 3. The second-order valence-corrected chi connectivity index (χ2v) is 5.26. The van der Waals surface area contributed by atoms with Gasteiger partial charge < -0.3 is 10.8 Å². The summed E-state index contributed by atoms with van der Waals surface area (Å²) in [5.41, 5.74) is 5.56. The van der Waals surface area contributed by atoms with Gasteiger partial charge in [0.1, 0.15) is 5.01 Å². The Morgan fingerprint density at radius 3 is 2.69 bits per heavy atom. The second-order valence-electron chi connectivity index (χ2n) is 4.17. The van der Waals surface area contributed by atoms with E-state index < -0.39 is 0 Å². The molecule has 0 atom stereocenters. The van der Waals surface area contributed by atoms with Crippen LogP contribution in [0, 0.1) is 0 Å². The Kier molecular flexibility index (Phi) is 4.09. The number of nitrogens with two attached hydrogens (primary N) is 1. The molecular weight excluding hydrogens is 224 g/mol. The van der Waals surface area contributed by atoms with Gasteiger partial charge in [0.15, 0.2) is 0 Å². The molecule has 1 heterocycles. The third kappa shape index (κ3) is 2.90. The lowest BCUT2D eigenvalue weighted by Gasteiger charge is -2.26. The molecule has 0 aliphatic heterocycles. The zero-order valence-electron chi connectivity index (χ0n) is 9.30. The Balaban J connectivity index is 1.96. The first-order valence-corrected chi connectivity index (χ1v) is 6.54. The van der Waals surface area contributed by atoms with Gasteiger partial charge in [0.05, 0.1) is 13.2 Å². The van der Waals surface area contributed by atoms with E-state index >= 15 is 0 Å². The molecule has 90 valence electrons. The molecule has 0 bridgehead atoms. The number of hydrogen-bond acceptors (Lipinski definition) is 6. The molecule has 1 fully saturated rings. The van der Waals surface area contributed by atoms with E-state index in [1.54, 1.807) is 0 Å². The lowest BCUT2D eigenvalue weighted by atomic mass is 10.2. The van der Waals surface area contributed by atoms with Gasteiger partial charge in [0.2, 0.25) is 5.13 Å². The Morgan fingerprint density at radius 2 is 2.12 bits per heavy atom. The van der Waals surface area contributed by atoms with Crippen LogP contribution in [-0.4, -0.2) is 39.4 Å². The zero-order chi connectivity index (χ0) is 11.4. The molecule has 0 saturated heterocycles. The number of aliphatic hydroxyl groups excluding tert-OH is 1. The molecule has 1 aliphatic carbocycles.